The summed E-state index contributed by atoms with van der Waals surface area (Å²) in [6.45, 7) is 1.79. The van der Waals surface area contributed by atoms with Gasteiger partial charge in [0.15, 0.2) is 0 Å². The van der Waals surface area contributed by atoms with Crippen molar-refractivity contribution < 1.29 is 14.0 Å². The number of carbonyl (C=O) groups excluding carboxylic acids is 2. The number of nitrogens with zero attached hydrogens (tertiary/aromatic N) is 2. The van der Waals surface area contributed by atoms with Gasteiger partial charge < -0.3 is 9.80 Å². The molecule has 124 valence electrons. The highest BCUT2D eigenvalue weighted by molar-refractivity contribution is 7.08. The molecule has 1 aromatic carbocycles. The van der Waals surface area contributed by atoms with Crippen LogP contribution in [-0.2, 0) is 4.79 Å². The summed E-state index contributed by atoms with van der Waals surface area (Å²) in [7, 11) is 0. The molecule has 0 saturated carbocycles. The topological polar surface area (TPSA) is 40.6 Å². The first-order valence-electron chi connectivity index (χ1n) is 7.94. The summed E-state index contributed by atoms with van der Waals surface area (Å²) in [5, 5.41) is 3.75. The Hall–Kier alpha value is -2.21. The van der Waals surface area contributed by atoms with Gasteiger partial charge in [0.25, 0.3) is 5.91 Å². The fraction of sp³-hybridized carbons (Fsp3) is 0.333. The van der Waals surface area contributed by atoms with Gasteiger partial charge in [-0.25, -0.2) is 4.39 Å². The molecular weight excluding hydrogens is 327 g/mol. The predicted octanol–water partition coefficient (Wildman–Crippen LogP) is 3.16. The Morgan fingerprint density at radius 3 is 2.88 bits per heavy atom. The van der Waals surface area contributed by atoms with Gasteiger partial charge in [-0.3, -0.25) is 9.59 Å². The zero-order valence-corrected chi connectivity index (χ0v) is 13.9. The predicted molar refractivity (Wildman–Crippen MR) is 90.6 cm³/mol. The third-order valence-electron chi connectivity index (χ3n) is 4.93. The van der Waals surface area contributed by atoms with Crippen molar-refractivity contribution in [3.05, 3.63) is 52.5 Å². The Morgan fingerprint density at radius 2 is 2.12 bits per heavy atom. The molecule has 4 nitrogen and oxygen atoms in total. The molecule has 24 heavy (non-hydrogen) atoms. The minimum absolute atomic E-state index is 0.00503. The molecule has 1 unspecified atom stereocenters. The van der Waals surface area contributed by atoms with Crippen LogP contribution in [0, 0.1) is 11.2 Å². The van der Waals surface area contributed by atoms with Gasteiger partial charge in [0.2, 0.25) is 5.91 Å². The van der Waals surface area contributed by atoms with Gasteiger partial charge in [0, 0.05) is 42.5 Å². The third-order valence-corrected chi connectivity index (χ3v) is 5.62. The Morgan fingerprint density at radius 1 is 1.25 bits per heavy atom. The number of hydrogen-bond donors (Lipinski definition) is 0. The third kappa shape index (κ3) is 2.60. The van der Waals surface area contributed by atoms with Crippen LogP contribution in [0.5, 0.6) is 0 Å². The average molecular weight is 344 g/mol. The van der Waals surface area contributed by atoms with Gasteiger partial charge in [-0.15, -0.1) is 0 Å². The molecule has 3 heterocycles. The highest BCUT2D eigenvalue weighted by Crippen LogP contribution is 2.42. The normalized spacial score (nSPS) is 23.5. The Labute approximate surface area is 143 Å². The summed E-state index contributed by atoms with van der Waals surface area (Å²) in [5.74, 6) is -0.308. The van der Waals surface area contributed by atoms with Crippen molar-refractivity contribution in [1.29, 1.82) is 0 Å². The van der Waals surface area contributed by atoms with Gasteiger partial charge in [-0.1, -0.05) is 6.07 Å². The van der Waals surface area contributed by atoms with Crippen molar-refractivity contribution >= 4 is 28.8 Å². The van der Waals surface area contributed by atoms with Crippen molar-refractivity contribution in [2.75, 3.05) is 24.5 Å². The van der Waals surface area contributed by atoms with Gasteiger partial charge in [-0.2, -0.15) is 11.3 Å². The molecule has 0 aliphatic carbocycles. The molecule has 0 radical (unpaired) electrons. The minimum atomic E-state index is -0.345. The largest absolute Gasteiger partial charge is 0.338 e. The molecule has 1 aromatic heterocycles. The lowest BCUT2D eigenvalue weighted by Crippen LogP contribution is -2.34. The van der Waals surface area contributed by atoms with Gasteiger partial charge in [0.05, 0.1) is 5.56 Å². The van der Waals surface area contributed by atoms with Gasteiger partial charge >= 0.3 is 0 Å². The van der Waals surface area contributed by atoms with Crippen LogP contribution in [0.3, 0.4) is 0 Å². The van der Waals surface area contributed by atoms with Crippen LogP contribution >= 0.6 is 11.3 Å². The van der Waals surface area contributed by atoms with Crippen LogP contribution in [-0.4, -0.2) is 36.3 Å². The van der Waals surface area contributed by atoms with Crippen LogP contribution in [0.15, 0.2) is 41.1 Å². The maximum absolute atomic E-state index is 13.5. The summed E-state index contributed by atoms with van der Waals surface area (Å²) in [5.41, 5.74) is 1.09. The van der Waals surface area contributed by atoms with E-state index in [0.717, 1.165) is 6.42 Å². The molecule has 2 aliphatic rings. The van der Waals surface area contributed by atoms with Crippen molar-refractivity contribution in [3.8, 4) is 0 Å². The number of benzene rings is 1. The van der Waals surface area contributed by atoms with E-state index in [4.69, 9.17) is 0 Å². The van der Waals surface area contributed by atoms with Gasteiger partial charge in [-0.05, 0) is 36.1 Å². The first-order valence-corrected chi connectivity index (χ1v) is 8.88. The zero-order valence-electron chi connectivity index (χ0n) is 13.1. The lowest BCUT2D eigenvalue weighted by atomic mass is 9.86. The lowest BCUT2D eigenvalue weighted by Gasteiger charge is -2.24. The zero-order chi connectivity index (χ0) is 16.7. The van der Waals surface area contributed by atoms with Crippen LogP contribution in [0.25, 0.3) is 0 Å². The summed E-state index contributed by atoms with van der Waals surface area (Å²) in [4.78, 5) is 28.5. The monoisotopic (exact) mass is 344 g/mol. The van der Waals surface area contributed by atoms with E-state index in [9.17, 15) is 14.0 Å². The molecule has 6 heteroatoms. The first-order chi connectivity index (χ1) is 11.6. The van der Waals surface area contributed by atoms with Crippen molar-refractivity contribution in [1.82, 2.24) is 4.90 Å². The summed E-state index contributed by atoms with van der Waals surface area (Å²) in [6.07, 6.45) is 1.22. The fourth-order valence-electron chi connectivity index (χ4n) is 3.73. The van der Waals surface area contributed by atoms with Crippen molar-refractivity contribution in [3.63, 3.8) is 0 Å². The second-order valence-electron chi connectivity index (χ2n) is 6.63. The van der Waals surface area contributed by atoms with Crippen LogP contribution in [0.1, 0.15) is 23.2 Å². The molecule has 4 rings (SSSR count). The molecule has 0 bridgehead atoms. The Bertz CT molecular complexity index is 792. The lowest BCUT2D eigenvalue weighted by molar-refractivity contribution is -0.117. The number of likely N-dealkylation sites (tertiary alicyclic amines) is 1. The van der Waals surface area contributed by atoms with Crippen LogP contribution < -0.4 is 4.90 Å². The smallest absolute Gasteiger partial charge is 0.254 e. The Kier molecular flexibility index (Phi) is 3.64. The van der Waals surface area contributed by atoms with Crippen molar-refractivity contribution in [2.24, 2.45) is 5.41 Å². The molecule has 1 spiro atoms. The SMILES string of the molecule is O=C(c1ccsc1)N1CCC2(CC(=O)N(c3cccc(F)c3)C2)C1. The maximum atomic E-state index is 13.5. The molecule has 2 fully saturated rings. The minimum Gasteiger partial charge on any atom is -0.338 e. The molecule has 0 N–H and O–H groups in total. The summed E-state index contributed by atoms with van der Waals surface area (Å²) in [6, 6.07) is 7.96. The molecule has 1 atom stereocenters. The van der Waals surface area contributed by atoms with Crippen LogP contribution in [0.2, 0.25) is 0 Å². The second kappa shape index (κ2) is 5.70. The second-order valence-corrected chi connectivity index (χ2v) is 7.41. The molecule has 2 aliphatic heterocycles. The summed E-state index contributed by atoms with van der Waals surface area (Å²) < 4.78 is 13.5. The van der Waals surface area contributed by atoms with E-state index in [2.05, 4.69) is 0 Å². The first kappa shape index (κ1) is 15.3. The molecule has 2 saturated heterocycles. The van der Waals surface area contributed by atoms with Gasteiger partial charge in [0.1, 0.15) is 5.82 Å². The van der Waals surface area contributed by atoms with E-state index in [1.165, 1.54) is 23.5 Å². The van der Waals surface area contributed by atoms with E-state index in [1.807, 2.05) is 21.7 Å². The molecule has 2 amide bonds. The highest BCUT2D eigenvalue weighted by atomic mass is 32.1. The number of amides is 2. The highest BCUT2D eigenvalue weighted by Gasteiger charge is 2.48. The number of thiophene rings is 1. The number of halogens is 1. The quantitative estimate of drug-likeness (QED) is 0.840. The standard InChI is InChI=1S/C18H17FN2O2S/c19-14-2-1-3-15(8-14)21-12-18(9-16(21)22)5-6-20(11-18)17(23)13-4-7-24-10-13/h1-4,7-8,10H,5-6,9,11-12H2. The van der Waals surface area contributed by atoms with E-state index >= 15 is 0 Å². The Balaban J connectivity index is 1.51. The van der Waals surface area contributed by atoms with Crippen LogP contribution in [0.4, 0.5) is 10.1 Å². The number of hydrogen-bond acceptors (Lipinski definition) is 3. The maximum Gasteiger partial charge on any atom is 0.254 e. The number of carbonyl (C=O) groups is 2. The van der Waals surface area contributed by atoms with Crippen molar-refractivity contribution in [2.45, 2.75) is 12.8 Å². The van der Waals surface area contributed by atoms with E-state index in [1.54, 1.807) is 17.0 Å². The molecule has 2 aromatic rings. The summed E-state index contributed by atoms with van der Waals surface area (Å²) >= 11 is 1.50. The van der Waals surface area contributed by atoms with E-state index in [-0.39, 0.29) is 23.0 Å². The average Bonchev–Trinajstić information content (AvgIpc) is 3.28. The van der Waals surface area contributed by atoms with E-state index in [0.29, 0.717) is 37.3 Å². The molecular formula is C18H17FN2O2S. The number of rotatable bonds is 2. The number of anilines is 1. The van der Waals surface area contributed by atoms with E-state index < -0.39 is 0 Å². The fourth-order valence-corrected chi connectivity index (χ4v) is 4.36.